The van der Waals surface area contributed by atoms with E-state index in [2.05, 4.69) is 34.1 Å². The number of hydrogen-bond donors (Lipinski definition) is 1. The molecule has 0 bridgehead atoms. The number of rotatable bonds is 10. The predicted octanol–water partition coefficient (Wildman–Crippen LogP) is 5.27. The number of pyridine rings is 1. The van der Waals surface area contributed by atoms with E-state index in [0.29, 0.717) is 31.9 Å². The minimum absolute atomic E-state index is 0.0211. The zero-order valence-corrected chi connectivity index (χ0v) is 27.4. The lowest BCUT2D eigenvalue weighted by molar-refractivity contribution is -0.118. The van der Waals surface area contributed by atoms with E-state index in [-0.39, 0.29) is 10.6 Å². The Hall–Kier alpha value is -3.90. The Morgan fingerprint density at radius 2 is 1.69 bits per heavy atom. The number of sulfonamides is 1. The van der Waals surface area contributed by atoms with E-state index in [1.165, 1.54) is 11.3 Å². The number of hydrogen-bond acceptors (Lipinski definition) is 8. The molecule has 1 fully saturated rings. The number of benzene rings is 2. The summed E-state index contributed by atoms with van der Waals surface area (Å²) < 4.78 is 37.5. The van der Waals surface area contributed by atoms with Crippen LogP contribution in [0, 0.1) is 13.8 Å². The molecule has 0 spiro atoms. The van der Waals surface area contributed by atoms with Gasteiger partial charge in [0.25, 0.3) is 10.0 Å². The summed E-state index contributed by atoms with van der Waals surface area (Å²) in [5, 5.41) is 0. The number of fused-ring (bicyclic) bond motifs is 1. The van der Waals surface area contributed by atoms with Gasteiger partial charge in [-0.15, -0.1) is 11.3 Å². The fourth-order valence-electron chi connectivity index (χ4n) is 5.75. The third-order valence-electron chi connectivity index (χ3n) is 7.95. The van der Waals surface area contributed by atoms with Crippen LogP contribution < -0.4 is 4.72 Å². The number of nitrogens with zero attached hydrogens (tertiary/aromatic N) is 4. The Balaban J connectivity index is 1.30. The molecule has 6 rings (SSSR count). The van der Waals surface area contributed by atoms with Crippen LogP contribution in [-0.4, -0.2) is 60.1 Å². The average Bonchev–Trinajstić information content (AvgIpc) is 3.60. The molecule has 234 valence electrons. The third kappa shape index (κ3) is 7.01. The molecular weight excluding hydrogens is 607 g/mol. The van der Waals surface area contributed by atoms with Crippen LogP contribution in [0.3, 0.4) is 0 Å². The van der Waals surface area contributed by atoms with Crippen molar-refractivity contribution in [2.75, 3.05) is 26.3 Å². The van der Waals surface area contributed by atoms with Gasteiger partial charge in [-0.25, -0.2) is 23.1 Å². The first-order valence-electron chi connectivity index (χ1n) is 15.1. The summed E-state index contributed by atoms with van der Waals surface area (Å²) >= 11 is 1.21. The van der Waals surface area contributed by atoms with Gasteiger partial charge in [0.2, 0.25) is 5.91 Å². The molecule has 1 amide bonds. The zero-order valence-electron chi connectivity index (χ0n) is 25.7. The first kappa shape index (κ1) is 31.1. The number of morpholine rings is 1. The van der Waals surface area contributed by atoms with Gasteiger partial charge in [-0.2, -0.15) is 0 Å². The summed E-state index contributed by atoms with van der Waals surface area (Å²) in [6, 6.07) is 21.1. The molecule has 0 radical (unpaired) electrons. The van der Waals surface area contributed by atoms with Crippen molar-refractivity contribution in [1.82, 2.24) is 24.2 Å². The predicted molar refractivity (Wildman–Crippen MR) is 177 cm³/mol. The van der Waals surface area contributed by atoms with Crippen molar-refractivity contribution in [2.45, 2.75) is 50.9 Å². The Bertz CT molecular complexity index is 1930. The Morgan fingerprint density at radius 1 is 0.956 bits per heavy atom. The first-order valence-corrected chi connectivity index (χ1v) is 17.4. The smallest absolute Gasteiger partial charge is 0.274 e. The van der Waals surface area contributed by atoms with Crippen LogP contribution in [-0.2, 0) is 45.5 Å². The average molecular weight is 644 g/mol. The summed E-state index contributed by atoms with van der Waals surface area (Å²) in [5.74, 6) is 0.407. The number of carbonyl (C=O) groups is 1. The number of thiophene rings is 1. The number of aryl methyl sites for hydroxylation is 3. The third-order valence-corrected chi connectivity index (χ3v) is 11.0. The lowest BCUT2D eigenvalue weighted by atomic mass is 10.1. The van der Waals surface area contributed by atoms with Crippen molar-refractivity contribution in [3.8, 4) is 11.1 Å². The van der Waals surface area contributed by atoms with Crippen LogP contribution in [0.4, 0.5) is 0 Å². The van der Waals surface area contributed by atoms with Crippen molar-refractivity contribution in [2.24, 2.45) is 0 Å². The van der Waals surface area contributed by atoms with E-state index < -0.39 is 15.9 Å². The van der Waals surface area contributed by atoms with E-state index in [0.717, 1.165) is 69.3 Å². The molecule has 2 aromatic carbocycles. The lowest BCUT2D eigenvalue weighted by Crippen LogP contribution is -2.35. The van der Waals surface area contributed by atoms with Gasteiger partial charge in [-0.05, 0) is 48.2 Å². The van der Waals surface area contributed by atoms with Gasteiger partial charge < -0.3 is 9.30 Å². The molecule has 3 aromatic heterocycles. The monoisotopic (exact) mass is 643 g/mol. The highest BCUT2D eigenvalue weighted by Gasteiger charge is 2.26. The molecule has 1 N–H and O–H groups in total. The molecule has 0 unspecified atom stereocenters. The molecule has 5 aromatic rings. The number of nitrogens with one attached hydrogen (secondary N) is 1. The molecule has 1 aliphatic rings. The highest BCUT2D eigenvalue weighted by Crippen LogP contribution is 2.36. The van der Waals surface area contributed by atoms with Crippen LogP contribution >= 0.6 is 11.3 Å². The SMILES string of the molecule is CCc1nc2c(C)cc(C)nc2n1Cc1ccc(-c2cc(CN3CCOCC3)sc2S(=O)(=O)NC(=O)Cc2ccccc2)cc1. The molecule has 45 heavy (non-hydrogen) atoms. The van der Waals surface area contributed by atoms with Gasteiger partial charge in [0.05, 0.1) is 26.2 Å². The molecule has 0 aliphatic carbocycles. The molecule has 9 nitrogen and oxygen atoms in total. The van der Waals surface area contributed by atoms with Gasteiger partial charge in [0.15, 0.2) is 5.65 Å². The fourth-order valence-corrected chi connectivity index (χ4v) is 8.52. The van der Waals surface area contributed by atoms with Crippen LogP contribution in [0.2, 0.25) is 0 Å². The van der Waals surface area contributed by atoms with Crippen LogP contribution in [0.25, 0.3) is 22.3 Å². The topological polar surface area (TPSA) is 106 Å². The molecule has 4 heterocycles. The van der Waals surface area contributed by atoms with Gasteiger partial charge in [-0.3, -0.25) is 9.69 Å². The number of ether oxygens (including phenoxy) is 1. The van der Waals surface area contributed by atoms with Crippen LogP contribution in [0.1, 0.15) is 40.0 Å². The maximum absolute atomic E-state index is 13.7. The fraction of sp³-hybridized carbons (Fsp3) is 0.324. The number of aromatic nitrogens is 3. The van der Waals surface area contributed by atoms with Gasteiger partial charge in [0.1, 0.15) is 15.6 Å². The van der Waals surface area contributed by atoms with E-state index in [9.17, 15) is 13.2 Å². The molecule has 0 atom stereocenters. The van der Waals surface area contributed by atoms with Crippen LogP contribution in [0.15, 0.2) is 70.9 Å². The number of amides is 1. The lowest BCUT2D eigenvalue weighted by Gasteiger charge is -2.25. The van der Waals surface area contributed by atoms with E-state index >= 15 is 0 Å². The van der Waals surface area contributed by atoms with Gasteiger partial charge in [-0.1, -0.05) is 61.5 Å². The molecule has 0 saturated carbocycles. The maximum atomic E-state index is 13.7. The standard InChI is InChI=1S/C34H37N5O4S2/c1-4-30-36-32-23(2)18-24(3)35-33(32)39(30)21-26-10-12-27(13-11-26)29-20-28(22-38-14-16-43-17-15-38)44-34(29)45(41,42)37-31(40)19-25-8-6-5-7-9-25/h5-13,18,20H,4,14-17,19,21-22H2,1-3H3,(H,37,40). The summed E-state index contributed by atoms with van der Waals surface area (Å²) in [6.07, 6.45) is 0.762. The second-order valence-electron chi connectivity index (χ2n) is 11.4. The Morgan fingerprint density at radius 3 is 2.40 bits per heavy atom. The van der Waals surface area contributed by atoms with E-state index in [4.69, 9.17) is 14.7 Å². The zero-order chi connectivity index (χ0) is 31.6. The minimum atomic E-state index is -4.12. The van der Waals surface area contributed by atoms with Crippen molar-refractivity contribution in [3.63, 3.8) is 0 Å². The quantitative estimate of drug-likeness (QED) is 0.221. The summed E-state index contributed by atoms with van der Waals surface area (Å²) in [6.45, 7) is 10.2. The summed E-state index contributed by atoms with van der Waals surface area (Å²) in [7, 11) is -4.12. The molecule has 1 aliphatic heterocycles. The van der Waals surface area contributed by atoms with Crippen LogP contribution in [0.5, 0.6) is 0 Å². The number of imidazole rings is 1. The Labute approximate surface area is 268 Å². The maximum Gasteiger partial charge on any atom is 0.274 e. The highest BCUT2D eigenvalue weighted by atomic mass is 32.2. The van der Waals surface area contributed by atoms with Crippen molar-refractivity contribution >= 4 is 38.4 Å². The van der Waals surface area contributed by atoms with Gasteiger partial charge in [0, 0.05) is 42.2 Å². The van der Waals surface area contributed by atoms with E-state index in [1.54, 1.807) is 12.1 Å². The van der Waals surface area contributed by atoms with Crippen molar-refractivity contribution < 1.29 is 17.9 Å². The molecule has 11 heteroatoms. The largest absolute Gasteiger partial charge is 0.379 e. The van der Waals surface area contributed by atoms with Gasteiger partial charge >= 0.3 is 0 Å². The normalized spacial score (nSPS) is 14.2. The summed E-state index contributed by atoms with van der Waals surface area (Å²) in [5.41, 5.74) is 7.02. The number of carbonyl (C=O) groups excluding carboxylic acids is 1. The molecular formula is C34H37N5O4S2. The molecule has 1 saturated heterocycles. The highest BCUT2D eigenvalue weighted by molar-refractivity contribution is 7.92. The minimum Gasteiger partial charge on any atom is -0.379 e. The Kier molecular flexibility index (Phi) is 9.14. The van der Waals surface area contributed by atoms with E-state index in [1.807, 2.05) is 55.5 Å². The second kappa shape index (κ2) is 13.2. The van der Waals surface area contributed by atoms with Crippen molar-refractivity contribution in [3.05, 3.63) is 99.8 Å². The first-order chi connectivity index (χ1) is 21.7. The van der Waals surface area contributed by atoms with Crippen molar-refractivity contribution in [1.29, 1.82) is 0 Å². The summed E-state index contributed by atoms with van der Waals surface area (Å²) in [4.78, 5) is 25.7. The second-order valence-corrected chi connectivity index (χ2v) is 14.4.